The van der Waals surface area contributed by atoms with Gasteiger partial charge in [-0.05, 0) is 57.2 Å². The van der Waals surface area contributed by atoms with Gasteiger partial charge in [-0.15, -0.1) is 0 Å². The molecule has 100 valence electrons. The van der Waals surface area contributed by atoms with Crippen molar-refractivity contribution < 1.29 is 0 Å². The topological polar surface area (TPSA) is 0 Å². The molecule has 0 saturated carbocycles. The second kappa shape index (κ2) is 5.66. The number of rotatable bonds is 3. The molecular weight excluding hydrogens is 228 g/mol. The van der Waals surface area contributed by atoms with E-state index in [0.29, 0.717) is 0 Å². The Morgan fingerprint density at radius 1 is 1.21 bits per heavy atom. The van der Waals surface area contributed by atoms with Gasteiger partial charge in [0.1, 0.15) is 0 Å². The highest BCUT2D eigenvalue weighted by atomic mass is 14.2. The second-order valence-electron chi connectivity index (χ2n) is 6.46. The first-order valence-electron chi connectivity index (χ1n) is 7.34. The average molecular weight is 252 g/mol. The Balaban J connectivity index is 2.27. The summed E-state index contributed by atoms with van der Waals surface area (Å²) in [6.07, 6.45) is 7.29. The Hall–Kier alpha value is -1.48. The number of unbranched alkanes of at least 4 members (excludes halogenated alkanes) is 1. The summed E-state index contributed by atoms with van der Waals surface area (Å²) in [5, 5.41) is 0. The van der Waals surface area contributed by atoms with Gasteiger partial charge < -0.3 is 0 Å². The average Bonchev–Trinajstić information content (AvgIpc) is 2.76. The largest absolute Gasteiger partial charge is 0.0919 e. The fourth-order valence-corrected chi connectivity index (χ4v) is 2.37. The van der Waals surface area contributed by atoms with E-state index in [9.17, 15) is 0 Å². The summed E-state index contributed by atoms with van der Waals surface area (Å²) < 4.78 is 0. The van der Waals surface area contributed by atoms with Crippen LogP contribution in [0.3, 0.4) is 0 Å². The van der Waals surface area contributed by atoms with Gasteiger partial charge in [0.2, 0.25) is 0 Å². The summed E-state index contributed by atoms with van der Waals surface area (Å²) in [5.74, 6) is 6.71. The number of allylic oxidation sites excluding steroid dienone is 1. The maximum absolute atomic E-state index is 3.37. The summed E-state index contributed by atoms with van der Waals surface area (Å²) >= 11 is 0. The Labute approximate surface area is 117 Å². The molecule has 0 unspecified atom stereocenters. The van der Waals surface area contributed by atoms with Crippen molar-refractivity contribution >= 4 is 6.08 Å². The quantitative estimate of drug-likeness (QED) is 0.647. The van der Waals surface area contributed by atoms with E-state index in [4.69, 9.17) is 0 Å². The van der Waals surface area contributed by atoms with Gasteiger partial charge in [-0.25, -0.2) is 0 Å². The third-order valence-electron chi connectivity index (χ3n) is 3.39. The van der Waals surface area contributed by atoms with Gasteiger partial charge in [0.05, 0.1) is 0 Å². The molecule has 0 amide bonds. The van der Waals surface area contributed by atoms with Crippen LogP contribution in [0.1, 0.15) is 63.6 Å². The molecule has 1 aromatic carbocycles. The normalized spacial score (nSPS) is 13.6. The van der Waals surface area contributed by atoms with Gasteiger partial charge in [0.25, 0.3) is 0 Å². The Morgan fingerprint density at radius 2 is 2.00 bits per heavy atom. The van der Waals surface area contributed by atoms with E-state index in [1.54, 1.807) is 5.57 Å². The highest BCUT2D eigenvalue weighted by Gasteiger charge is 2.14. The van der Waals surface area contributed by atoms with E-state index >= 15 is 0 Å². The van der Waals surface area contributed by atoms with Gasteiger partial charge in [0.15, 0.2) is 0 Å². The lowest BCUT2D eigenvalue weighted by molar-refractivity contribution is 0.571. The minimum atomic E-state index is 0.0656. The molecule has 0 N–H and O–H groups in total. The first kappa shape index (κ1) is 13.9. The lowest BCUT2D eigenvalue weighted by Crippen LogP contribution is -1.99. The van der Waals surface area contributed by atoms with Gasteiger partial charge in [-0.2, -0.15) is 0 Å². The van der Waals surface area contributed by atoms with Crippen LogP contribution in [-0.4, -0.2) is 0 Å². The SMILES string of the molecule is CCCCC1=Cc2c(C#CC(C)(C)C)cccc2C1. The molecule has 0 atom stereocenters. The highest BCUT2D eigenvalue weighted by molar-refractivity contribution is 5.69. The number of hydrogen-bond donors (Lipinski definition) is 0. The van der Waals surface area contributed by atoms with Crippen LogP contribution in [0.5, 0.6) is 0 Å². The molecule has 19 heavy (non-hydrogen) atoms. The monoisotopic (exact) mass is 252 g/mol. The van der Waals surface area contributed by atoms with Crippen molar-refractivity contribution in [1.82, 2.24) is 0 Å². The maximum Gasteiger partial charge on any atom is 0.0320 e. The lowest BCUT2D eigenvalue weighted by Gasteiger charge is -2.07. The van der Waals surface area contributed by atoms with Gasteiger partial charge in [0, 0.05) is 11.0 Å². The van der Waals surface area contributed by atoms with Crippen LogP contribution >= 0.6 is 0 Å². The third-order valence-corrected chi connectivity index (χ3v) is 3.39. The van der Waals surface area contributed by atoms with E-state index in [0.717, 1.165) is 6.42 Å². The highest BCUT2D eigenvalue weighted by Crippen LogP contribution is 2.30. The molecule has 0 fully saturated rings. The fourth-order valence-electron chi connectivity index (χ4n) is 2.37. The molecule has 0 aliphatic heterocycles. The minimum absolute atomic E-state index is 0.0656. The zero-order valence-corrected chi connectivity index (χ0v) is 12.6. The predicted molar refractivity (Wildman–Crippen MR) is 84.0 cm³/mol. The molecule has 0 nitrogen and oxygen atoms in total. The Bertz CT molecular complexity index is 542. The van der Waals surface area contributed by atoms with E-state index in [1.165, 1.54) is 36.0 Å². The molecule has 0 radical (unpaired) electrons. The van der Waals surface area contributed by atoms with Crippen molar-refractivity contribution in [2.45, 2.75) is 53.4 Å². The third kappa shape index (κ3) is 3.74. The Kier molecular flexibility index (Phi) is 4.15. The number of benzene rings is 1. The first-order valence-corrected chi connectivity index (χ1v) is 7.34. The van der Waals surface area contributed by atoms with Crippen LogP contribution in [0.25, 0.3) is 6.08 Å². The summed E-state index contributed by atoms with van der Waals surface area (Å²) in [6.45, 7) is 8.73. The van der Waals surface area contributed by atoms with Crippen molar-refractivity contribution in [3.05, 3.63) is 40.5 Å². The van der Waals surface area contributed by atoms with Crippen molar-refractivity contribution in [2.75, 3.05) is 0 Å². The summed E-state index contributed by atoms with van der Waals surface area (Å²) in [4.78, 5) is 0. The smallest absolute Gasteiger partial charge is 0.0320 e. The van der Waals surface area contributed by atoms with Crippen LogP contribution in [0.15, 0.2) is 23.8 Å². The molecular formula is C19H24. The standard InChI is InChI=1S/C19H24/c1-5-6-8-15-13-17-10-7-9-16(18(17)14-15)11-12-19(2,3)4/h7,9-10,14H,5-6,8,13H2,1-4H3. The number of fused-ring (bicyclic) bond motifs is 1. The van der Waals surface area contributed by atoms with Crippen LogP contribution in [0.4, 0.5) is 0 Å². The zero-order valence-electron chi connectivity index (χ0n) is 12.6. The van der Waals surface area contributed by atoms with Gasteiger partial charge in [-0.3, -0.25) is 0 Å². The van der Waals surface area contributed by atoms with Crippen LogP contribution in [0, 0.1) is 17.3 Å². The summed E-state index contributed by atoms with van der Waals surface area (Å²) in [7, 11) is 0. The maximum atomic E-state index is 3.37. The lowest BCUT2D eigenvalue weighted by atomic mass is 9.96. The fraction of sp³-hybridized carbons (Fsp3) is 0.474. The molecule has 0 aromatic heterocycles. The Morgan fingerprint density at radius 3 is 2.68 bits per heavy atom. The van der Waals surface area contributed by atoms with E-state index in [1.807, 2.05) is 0 Å². The molecule has 2 rings (SSSR count). The van der Waals surface area contributed by atoms with Crippen molar-refractivity contribution in [3.63, 3.8) is 0 Å². The van der Waals surface area contributed by atoms with Crippen molar-refractivity contribution in [1.29, 1.82) is 0 Å². The van der Waals surface area contributed by atoms with Crippen molar-refractivity contribution in [2.24, 2.45) is 5.41 Å². The first-order chi connectivity index (χ1) is 8.99. The predicted octanol–water partition coefficient (Wildman–Crippen LogP) is 5.21. The molecule has 0 heteroatoms. The van der Waals surface area contributed by atoms with E-state index in [2.05, 4.69) is 63.8 Å². The van der Waals surface area contributed by atoms with Crippen molar-refractivity contribution in [3.8, 4) is 11.8 Å². The minimum Gasteiger partial charge on any atom is -0.0919 e. The zero-order chi connectivity index (χ0) is 13.9. The van der Waals surface area contributed by atoms with E-state index < -0.39 is 0 Å². The molecule has 1 aliphatic rings. The summed E-state index contributed by atoms with van der Waals surface area (Å²) in [5.41, 5.74) is 5.65. The second-order valence-corrected chi connectivity index (χ2v) is 6.46. The molecule has 0 heterocycles. The molecule has 0 saturated heterocycles. The molecule has 1 aromatic rings. The number of hydrogen-bond acceptors (Lipinski definition) is 0. The van der Waals surface area contributed by atoms with E-state index in [-0.39, 0.29) is 5.41 Å². The molecule has 0 spiro atoms. The molecule has 1 aliphatic carbocycles. The summed E-state index contributed by atoms with van der Waals surface area (Å²) in [6, 6.07) is 6.53. The van der Waals surface area contributed by atoms with Gasteiger partial charge in [-0.1, -0.05) is 49.0 Å². The molecule has 0 bridgehead atoms. The van der Waals surface area contributed by atoms with Gasteiger partial charge >= 0.3 is 0 Å². The van der Waals surface area contributed by atoms with Crippen LogP contribution in [-0.2, 0) is 6.42 Å². The van der Waals surface area contributed by atoms with Crippen LogP contribution in [0.2, 0.25) is 0 Å². The van der Waals surface area contributed by atoms with Crippen LogP contribution < -0.4 is 0 Å².